The molecule has 27 heavy (non-hydrogen) atoms. The van der Waals surface area contributed by atoms with Gasteiger partial charge in [-0.1, -0.05) is 24.3 Å². The number of fused-ring (bicyclic) bond motifs is 1. The van der Waals surface area contributed by atoms with E-state index in [2.05, 4.69) is 54.3 Å². The molecule has 1 aliphatic heterocycles. The zero-order valence-electron chi connectivity index (χ0n) is 15.7. The third-order valence-corrected chi connectivity index (χ3v) is 5.39. The zero-order chi connectivity index (χ0) is 17.8. The number of anilines is 1. The van der Waals surface area contributed by atoms with Crippen molar-refractivity contribution in [1.29, 1.82) is 0 Å². The molecule has 0 amide bonds. The Labute approximate surface area is 178 Å². The van der Waals surface area contributed by atoms with Gasteiger partial charge in [-0.2, -0.15) is 0 Å². The van der Waals surface area contributed by atoms with E-state index in [9.17, 15) is 0 Å². The van der Waals surface area contributed by atoms with Gasteiger partial charge in [-0.25, -0.2) is 9.97 Å². The Bertz CT molecular complexity index is 758. The number of rotatable bonds is 3. The second-order valence-electron chi connectivity index (χ2n) is 6.89. The number of guanidine groups is 1. The smallest absolute Gasteiger partial charge is 0.225 e. The second kappa shape index (κ2) is 9.34. The number of hydrogen-bond acceptors (Lipinski definition) is 4. The van der Waals surface area contributed by atoms with E-state index in [0.717, 1.165) is 44.6 Å². The standard InChI is InChI=1S/C20H26N6.HI/c1-21-19(24-15-17-8-7-16-5-2-3-6-18(16)17)25-11-13-26(14-12-25)20-22-9-4-10-23-20;/h2-6,9-10,17H,7-8,11-15H2,1H3,(H,21,24);1H. The van der Waals surface area contributed by atoms with Gasteiger partial charge in [0.05, 0.1) is 0 Å². The van der Waals surface area contributed by atoms with E-state index in [-0.39, 0.29) is 24.0 Å². The van der Waals surface area contributed by atoms with Gasteiger partial charge in [0.15, 0.2) is 5.96 Å². The third kappa shape index (κ3) is 4.51. The number of nitrogens with zero attached hydrogens (tertiary/aromatic N) is 5. The highest BCUT2D eigenvalue weighted by molar-refractivity contribution is 14.0. The number of aryl methyl sites for hydroxylation is 1. The summed E-state index contributed by atoms with van der Waals surface area (Å²) in [5, 5.41) is 3.60. The lowest BCUT2D eigenvalue weighted by molar-refractivity contribution is 0.369. The van der Waals surface area contributed by atoms with Gasteiger partial charge in [0.1, 0.15) is 0 Å². The van der Waals surface area contributed by atoms with Gasteiger partial charge in [-0.3, -0.25) is 4.99 Å². The fraction of sp³-hybridized carbons (Fsp3) is 0.450. The van der Waals surface area contributed by atoms with E-state index in [4.69, 9.17) is 0 Å². The lowest BCUT2D eigenvalue weighted by Gasteiger charge is -2.36. The fourth-order valence-corrected chi connectivity index (χ4v) is 3.98. The summed E-state index contributed by atoms with van der Waals surface area (Å²) in [5.74, 6) is 2.41. The highest BCUT2D eigenvalue weighted by Gasteiger charge is 2.24. The molecule has 4 rings (SSSR count). The molecule has 0 radical (unpaired) electrons. The van der Waals surface area contributed by atoms with E-state index in [1.54, 1.807) is 12.4 Å². The van der Waals surface area contributed by atoms with Crippen LogP contribution in [0.15, 0.2) is 47.7 Å². The number of halogens is 1. The molecule has 1 N–H and O–H groups in total. The predicted molar refractivity (Wildman–Crippen MR) is 120 cm³/mol. The number of piperazine rings is 1. The number of aromatic nitrogens is 2. The molecule has 7 heteroatoms. The molecule has 0 bridgehead atoms. The van der Waals surface area contributed by atoms with Crippen molar-refractivity contribution >= 4 is 35.9 Å². The number of hydrogen-bond donors (Lipinski definition) is 1. The van der Waals surface area contributed by atoms with Crippen LogP contribution in [0.4, 0.5) is 5.95 Å². The minimum absolute atomic E-state index is 0. The molecule has 2 heterocycles. The molecule has 1 saturated heterocycles. The molecule has 0 spiro atoms. The van der Waals surface area contributed by atoms with Crippen molar-refractivity contribution in [1.82, 2.24) is 20.2 Å². The first-order chi connectivity index (χ1) is 12.8. The Morgan fingerprint density at radius 1 is 1.11 bits per heavy atom. The molecule has 2 aromatic rings. The summed E-state index contributed by atoms with van der Waals surface area (Å²) in [6.45, 7) is 4.64. The first kappa shape index (κ1) is 19.9. The zero-order valence-corrected chi connectivity index (χ0v) is 18.0. The van der Waals surface area contributed by atoms with Crippen LogP contribution in [0.5, 0.6) is 0 Å². The summed E-state index contributed by atoms with van der Waals surface area (Å²) in [6.07, 6.45) is 6.02. The molecule has 1 aromatic heterocycles. The van der Waals surface area contributed by atoms with Crippen LogP contribution in [0.1, 0.15) is 23.5 Å². The first-order valence-corrected chi connectivity index (χ1v) is 9.40. The van der Waals surface area contributed by atoms with Crippen LogP contribution in [-0.4, -0.2) is 60.6 Å². The van der Waals surface area contributed by atoms with Gasteiger partial charge in [-0.15, -0.1) is 24.0 Å². The maximum atomic E-state index is 4.51. The molecule has 1 fully saturated rings. The third-order valence-electron chi connectivity index (χ3n) is 5.39. The van der Waals surface area contributed by atoms with Crippen molar-refractivity contribution in [2.45, 2.75) is 18.8 Å². The van der Waals surface area contributed by atoms with Gasteiger partial charge < -0.3 is 15.1 Å². The summed E-state index contributed by atoms with van der Waals surface area (Å²) in [4.78, 5) is 17.8. The Kier molecular flexibility index (Phi) is 6.87. The summed E-state index contributed by atoms with van der Waals surface area (Å²) in [6, 6.07) is 10.7. The first-order valence-electron chi connectivity index (χ1n) is 9.40. The lowest BCUT2D eigenvalue weighted by Crippen LogP contribution is -2.53. The minimum atomic E-state index is 0. The normalized spacial score (nSPS) is 19.4. The summed E-state index contributed by atoms with van der Waals surface area (Å²) >= 11 is 0. The van der Waals surface area contributed by atoms with E-state index in [1.165, 1.54) is 24.0 Å². The van der Waals surface area contributed by atoms with Crippen molar-refractivity contribution in [3.63, 3.8) is 0 Å². The molecule has 6 nitrogen and oxygen atoms in total. The molecular weight excluding hydrogens is 451 g/mol. The minimum Gasteiger partial charge on any atom is -0.356 e. The summed E-state index contributed by atoms with van der Waals surface area (Å²) < 4.78 is 0. The molecule has 144 valence electrons. The van der Waals surface area contributed by atoms with Gasteiger partial charge in [0, 0.05) is 58.1 Å². The average Bonchev–Trinajstić information content (AvgIpc) is 3.13. The van der Waals surface area contributed by atoms with Crippen molar-refractivity contribution in [2.75, 3.05) is 44.7 Å². The molecule has 1 atom stereocenters. The topological polar surface area (TPSA) is 56.7 Å². The van der Waals surface area contributed by atoms with Crippen LogP contribution in [0.2, 0.25) is 0 Å². The van der Waals surface area contributed by atoms with Crippen LogP contribution >= 0.6 is 24.0 Å². The Hall–Kier alpha value is -1.90. The molecular formula is C20H27IN6. The number of benzene rings is 1. The van der Waals surface area contributed by atoms with Gasteiger partial charge in [0.2, 0.25) is 5.95 Å². The predicted octanol–water partition coefficient (Wildman–Crippen LogP) is 2.52. The van der Waals surface area contributed by atoms with Crippen molar-refractivity contribution in [3.05, 3.63) is 53.9 Å². The quantitative estimate of drug-likeness (QED) is 0.418. The number of aliphatic imine (C=N–C) groups is 1. The van der Waals surface area contributed by atoms with E-state index >= 15 is 0 Å². The Morgan fingerprint density at radius 2 is 1.85 bits per heavy atom. The fourth-order valence-electron chi connectivity index (χ4n) is 3.98. The maximum absolute atomic E-state index is 4.51. The van der Waals surface area contributed by atoms with Crippen molar-refractivity contribution in [2.24, 2.45) is 4.99 Å². The molecule has 1 unspecified atom stereocenters. The van der Waals surface area contributed by atoms with Crippen molar-refractivity contribution < 1.29 is 0 Å². The van der Waals surface area contributed by atoms with Crippen molar-refractivity contribution in [3.8, 4) is 0 Å². The SMILES string of the molecule is CN=C(NCC1CCc2ccccc21)N1CCN(c2ncccn2)CC1.I. The highest BCUT2D eigenvalue weighted by Crippen LogP contribution is 2.32. The highest BCUT2D eigenvalue weighted by atomic mass is 127. The Morgan fingerprint density at radius 3 is 2.59 bits per heavy atom. The Balaban J connectivity index is 0.00000210. The molecule has 1 aromatic carbocycles. The van der Waals surface area contributed by atoms with Crippen LogP contribution in [-0.2, 0) is 6.42 Å². The second-order valence-corrected chi connectivity index (χ2v) is 6.89. The summed E-state index contributed by atoms with van der Waals surface area (Å²) in [5.41, 5.74) is 3.01. The van der Waals surface area contributed by atoms with Gasteiger partial charge >= 0.3 is 0 Å². The van der Waals surface area contributed by atoms with Gasteiger partial charge in [-0.05, 0) is 30.0 Å². The largest absolute Gasteiger partial charge is 0.356 e. The van der Waals surface area contributed by atoms with Crippen LogP contribution < -0.4 is 10.2 Å². The van der Waals surface area contributed by atoms with E-state index in [0.29, 0.717) is 5.92 Å². The van der Waals surface area contributed by atoms with E-state index in [1.807, 2.05) is 13.1 Å². The number of nitrogens with one attached hydrogen (secondary N) is 1. The van der Waals surface area contributed by atoms with Crippen LogP contribution in [0.3, 0.4) is 0 Å². The van der Waals surface area contributed by atoms with E-state index < -0.39 is 0 Å². The monoisotopic (exact) mass is 478 g/mol. The van der Waals surface area contributed by atoms with Crippen LogP contribution in [0, 0.1) is 0 Å². The molecule has 2 aliphatic rings. The molecule has 0 saturated carbocycles. The average molecular weight is 478 g/mol. The summed E-state index contributed by atoms with van der Waals surface area (Å²) in [7, 11) is 1.87. The maximum Gasteiger partial charge on any atom is 0.225 e. The molecule has 1 aliphatic carbocycles. The van der Waals surface area contributed by atoms with Gasteiger partial charge in [0.25, 0.3) is 0 Å². The lowest BCUT2D eigenvalue weighted by atomic mass is 10.0. The van der Waals surface area contributed by atoms with Crippen LogP contribution in [0.25, 0.3) is 0 Å².